The van der Waals surface area contributed by atoms with Crippen molar-refractivity contribution >= 4 is 29.4 Å². The standard InChI is InChI=1S/C18H15ClN2O/c19-15-9-6-14(7-10-15)12-16-18(22)21-17(20-16)11-8-13-4-2-1-3-5-13/h1-7,9-10,12H,8,11H2,(H,20,21,22)/b16-12+. The lowest BCUT2D eigenvalue weighted by Crippen LogP contribution is -2.24. The van der Waals surface area contributed by atoms with E-state index in [-0.39, 0.29) is 5.91 Å². The van der Waals surface area contributed by atoms with Gasteiger partial charge in [-0.05, 0) is 35.8 Å². The van der Waals surface area contributed by atoms with Crippen LogP contribution in [0.4, 0.5) is 0 Å². The first kappa shape index (κ1) is 14.5. The van der Waals surface area contributed by atoms with E-state index in [0.29, 0.717) is 23.0 Å². The first-order chi connectivity index (χ1) is 10.7. The molecule has 0 aromatic heterocycles. The molecule has 1 heterocycles. The molecule has 2 aromatic carbocycles. The fourth-order valence-corrected chi connectivity index (χ4v) is 2.39. The van der Waals surface area contributed by atoms with E-state index in [1.807, 2.05) is 30.3 Å². The second-order valence-corrected chi connectivity index (χ2v) is 5.52. The third-order valence-corrected chi connectivity index (χ3v) is 3.66. The van der Waals surface area contributed by atoms with E-state index in [9.17, 15) is 4.79 Å². The van der Waals surface area contributed by atoms with Gasteiger partial charge >= 0.3 is 0 Å². The summed E-state index contributed by atoms with van der Waals surface area (Å²) in [7, 11) is 0. The summed E-state index contributed by atoms with van der Waals surface area (Å²) in [6.07, 6.45) is 3.34. The van der Waals surface area contributed by atoms with Crippen LogP contribution >= 0.6 is 11.6 Å². The number of nitrogens with one attached hydrogen (secondary N) is 1. The molecule has 0 unspecified atom stereocenters. The Morgan fingerprint density at radius 2 is 1.73 bits per heavy atom. The van der Waals surface area contributed by atoms with Gasteiger partial charge in [-0.25, -0.2) is 4.99 Å². The Hall–Kier alpha value is -2.39. The van der Waals surface area contributed by atoms with Gasteiger partial charge in [-0.15, -0.1) is 0 Å². The summed E-state index contributed by atoms with van der Waals surface area (Å²) < 4.78 is 0. The van der Waals surface area contributed by atoms with E-state index in [2.05, 4.69) is 22.4 Å². The first-order valence-corrected chi connectivity index (χ1v) is 7.48. The van der Waals surface area contributed by atoms with Crippen molar-refractivity contribution in [2.45, 2.75) is 12.8 Å². The predicted molar refractivity (Wildman–Crippen MR) is 89.8 cm³/mol. The van der Waals surface area contributed by atoms with Crippen molar-refractivity contribution in [3.8, 4) is 0 Å². The molecule has 0 saturated heterocycles. The second kappa shape index (κ2) is 6.58. The maximum atomic E-state index is 11.9. The zero-order chi connectivity index (χ0) is 15.4. The Labute approximate surface area is 134 Å². The molecule has 1 amide bonds. The van der Waals surface area contributed by atoms with Gasteiger partial charge in [-0.1, -0.05) is 54.1 Å². The zero-order valence-corrected chi connectivity index (χ0v) is 12.7. The zero-order valence-electron chi connectivity index (χ0n) is 11.9. The predicted octanol–water partition coefficient (Wildman–Crippen LogP) is 3.84. The highest BCUT2D eigenvalue weighted by Gasteiger charge is 2.19. The smallest absolute Gasteiger partial charge is 0.275 e. The molecule has 22 heavy (non-hydrogen) atoms. The van der Waals surface area contributed by atoms with Crippen LogP contribution in [0.15, 0.2) is 65.3 Å². The summed E-state index contributed by atoms with van der Waals surface area (Å²) >= 11 is 5.85. The van der Waals surface area contributed by atoms with E-state index in [4.69, 9.17) is 11.6 Å². The largest absolute Gasteiger partial charge is 0.309 e. The molecule has 0 aliphatic carbocycles. The minimum Gasteiger partial charge on any atom is -0.309 e. The quantitative estimate of drug-likeness (QED) is 0.856. The van der Waals surface area contributed by atoms with Crippen LogP contribution in [-0.4, -0.2) is 11.7 Å². The maximum absolute atomic E-state index is 11.9. The van der Waals surface area contributed by atoms with Gasteiger partial charge in [0.25, 0.3) is 5.91 Å². The Balaban J connectivity index is 1.70. The molecule has 0 fully saturated rings. The molecule has 1 aliphatic heterocycles. The summed E-state index contributed by atoms with van der Waals surface area (Å²) in [6.45, 7) is 0. The van der Waals surface area contributed by atoms with Crippen LogP contribution in [0.1, 0.15) is 17.5 Å². The van der Waals surface area contributed by atoms with Crippen LogP contribution in [0.3, 0.4) is 0 Å². The summed E-state index contributed by atoms with van der Waals surface area (Å²) in [6, 6.07) is 17.5. The van der Waals surface area contributed by atoms with Crippen molar-refractivity contribution in [3.05, 3.63) is 76.4 Å². The number of nitrogens with zero attached hydrogens (tertiary/aromatic N) is 1. The molecule has 0 radical (unpaired) electrons. The van der Waals surface area contributed by atoms with E-state index < -0.39 is 0 Å². The Morgan fingerprint density at radius 1 is 1.00 bits per heavy atom. The highest BCUT2D eigenvalue weighted by molar-refractivity contribution is 6.30. The highest BCUT2D eigenvalue weighted by atomic mass is 35.5. The number of carbonyl (C=O) groups excluding carboxylic acids is 1. The molecule has 1 aliphatic rings. The van der Waals surface area contributed by atoms with Gasteiger partial charge in [0.05, 0.1) is 0 Å². The topological polar surface area (TPSA) is 41.5 Å². The number of amidine groups is 1. The number of aliphatic imine (C=N–C) groups is 1. The van der Waals surface area contributed by atoms with Crippen molar-refractivity contribution < 1.29 is 4.79 Å². The Kier molecular flexibility index (Phi) is 4.35. The number of hydrogen-bond acceptors (Lipinski definition) is 2. The molecule has 3 rings (SSSR count). The van der Waals surface area contributed by atoms with Crippen LogP contribution in [0, 0.1) is 0 Å². The maximum Gasteiger partial charge on any atom is 0.275 e. The highest BCUT2D eigenvalue weighted by Crippen LogP contribution is 2.16. The number of halogens is 1. The Morgan fingerprint density at radius 3 is 2.45 bits per heavy atom. The number of hydrogen-bond donors (Lipinski definition) is 1. The van der Waals surface area contributed by atoms with Crippen LogP contribution < -0.4 is 5.32 Å². The number of carbonyl (C=O) groups is 1. The minimum absolute atomic E-state index is 0.155. The molecule has 2 aromatic rings. The minimum atomic E-state index is -0.155. The second-order valence-electron chi connectivity index (χ2n) is 5.08. The van der Waals surface area contributed by atoms with E-state index in [0.717, 1.165) is 12.0 Å². The summed E-state index contributed by atoms with van der Waals surface area (Å²) in [4.78, 5) is 16.3. The number of rotatable bonds is 4. The van der Waals surface area contributed by atoms with Gasteiger partial charge in [0.1, 0.15) is 11.5 Å². The third kappa shape index (κ3) is 3.62. The van der Waals surface area contributed by atoms with Gasteiger partial charge < -0.3 is 5.32 Å². The SMILES string of the molecule is O=C1NC(CCc2ccccc2)=N/C1=C/c1ccc(Cl)cc1. The van der Waals surface area contributed by atoms with Gasteiger partial charge in [0.2, 0.25) is 0 Å². The van der Waals surface area contributed by atoms with E-state index >= 15 is 0 Å². The molecule has 1 N–H and O–H groups in total. The third-order valence-electron chi connectivity index (χ3n) is 3.41. The van der Waals surface area contributed by atoms with E-state index in [1.165, 1.54) is 5.56 Å². The summed E-state index contributed by atoms with van der Waals surface area (Å²) in [5.41, 5.74) is 2.57. The van der Waals surface area contributed by atoms with Gasteiger partial charge in [0.15, 0.2) is 0 Å². The van der Waals surface area contributed by atoms with E-state index in [1.54, 1.807) is 18.2 Å². The van der Waals surface area contributed by atoms with Gasteiger partial charge in [-0.2, -0.15) is 0 Å². The average Bonchev–Trinajstić information content (AvgIpc) is 2.89. The van der Waals surface area contributed by atoms with Crippen molar-refractivity contribution in [2.24, 2.45) is 4.99 Å². The van der Waals surface area contributed by atoms with Crippen molar-refractivity contribution in [3.63, 3.8) is 0 Å². The molecule has 0 saturated carbocycles. The molecule has 0 bridgehead atoms. The lowest BCUT2D eigenvalue weighted by atomic mass is 10.1. The van der Waals surface area contributed by atoms with Crippen molar-refractivity contribution in [1.29, 1.82) is 0 Å². The van der Waals surface area contributed by atoms with Crippen LogP contribution in [0.2, 0.25) is 5.02 Å². The molecule has 110 valence electrons. The number of aryl methyl sites for hydroxylation is 1. The van der Waals surface area contributed by atoms with Crippen LogP contribution in [0.25, 0.3) is 6.08 Å². The summed E-state index contributed by atoms with van der Waals surface area (Å²) in [5.74, 6) is 0.562. The monoisotopic (exact) mass is 310 g/mol. The normalized spacial score (nSPS) is 15.8. The molecule has 0 atom stereocenters. The van der Waals surface area contributed by atoms with Gasteiger partial charge in [-0.3, -0.25) is 4.79 Å². The van der Waals surface area contributed by atoms with Crippen molar-refractivity contribution in [2.75, 3.05) is 0 Å². The van der Waals surface area contributed by atoms with Crippen LogP contribution in [0.5, 0.6) is 0 Å². The van der Waals surface area contributed by atoms with Crippen LogP contribution in [-0.2, 0) is 11.2 Å². The molecular formula is C18H15ClN2O. The number of benzene rings is 2. The lowest BCUT2D eigenvalue weighted by molar-refractivity contribution is -0.115. The number of amides is 1. The summed E-state index contributed by atoms with van der Waals surface area (Å²) in [5, 5.41) is 3.49. The first-order valence-electron chi connectivity index (χ1n) is 7.11. The average molecular weight is 311 g/mol. The fraction of sp³-hybridized carbons (Fsp3) is 0.111. The lowest BCUT2D eigenvalue weighted by Gasteiger charge is -2.00. The fourth-order valence-electron chi connectivity index (χ4n) is 2.26. The molecule has 3 nitrogen and oxygen atoms in total. The molecule has 4 heteroatoms. The molecular weight excluding hydrogens is 296 g/mol. The van der Waals surface area contributed by atoms with Crippen molar-refractivity contribution in [1.82, 2.24) is 5.32 Å². The Bertz CT molecular complexity index is 733. The molecule has 0 spiro atoms. The van der Waals surface area contributed by atoms with Gasteiger partial charge in [0, 0.05) is 11.4 Å².